The van der Waals surface area contributed by atoms with Crippen LogP contribution in [0, 0.1) is 0 Å². The molecule has 0 saturated carbocycles. The van der Waals surface area contributed by atoms with Gasteiger partial charge in [-0.2, -0.15) is 0 Å². The normalized spacial score (nSPS) is 10.4. The third-order valence-electron chi connectivity index (χ3n) is 2.87. The summed E-state index contributed by atoms with van der Waals surface area (Å²) < 4.78 is 1.28. The average Bonchev–Trinajstić information content (AvgIpc) is 2.92. The number of amides is 3. The van der Waals surface area contributed by atoms with Crippen molar-refractivity contribution in [2.45, 2.75) is 18.5 Å². The Morgan fingerprint density at radius 3 is 2.88 bits per heavy atom. The molecule has 128 valence electrons. The number of hydrogen-bond acceptors (Lipinski definition) is 6. The molecule has 0 aliphatic rings. The van der Waals surface area contributed by atoms with Gasteiger partial charge in [0.25, 0.3) is 0 Å². The SMILES string of the molecule is CCCNC(=O)NC(=O)CSc1nnc(-c2cccc(Cl)c2)n1N. The number of benzene rings is 1. The molecule has 24 heavy (non-hydrogen) atoms. The quantitative estimate of drug-likeness (QED) is 0.527. The van der Waals surface area contributed by atoms with Crippen LogP contribution in [0.25, 0.3) is 11.4 Å². The lowest BCUT2D eigenvalue weighted by atomic mass is 10.2. The van der Waals surface area contributed by atoms with Crippen LogP contribution in [0.1, 0.15) is 13.3 Å². The molecule has 4 N–H and O–H groups in total. The molecule has 1 aromatic carbocycles. The highest BCUT2D eigenvalue weighted by Gasteiger charge is 2.15. The van der Waals surface area contributed by atoms with Crippen LogP contribution in [-0.2, 0) is 4.79 Å². The number of aromatic nitrogens is 3. The molecule has 2 rings (SSSR count). The smallest absolute Gasteiger partial charge is 0.321 e. The fraction of sp³-hybridized carbons (Fsp3) is 0.286. The fourth-order valence-corrected chi connectivity index (χ4v) is 2.62. The number of urea groups is 1. The Hall–Kier alpha value is -2.26. The van der Waals surface area contributed by atoms with Crippen molar-refractivity contribution in [3.8, 4) is 11.4 Å². The van der Waals surface area contributed by atoms with E-state index in [1.54, 1.807) is 24.3 Å². The van der Waals surface area contributed by atoms with E-state index in [4.69, 9.17) is 17.4 Å². The largest absolute Gasteiger partial charge is 0.338 e. The zero-order valence-electron chi connectivity index (χ0n) is 13.0. The molecule has 1 aromatic heterocycles. The Morgan fingerprint density at radius 1 is 1.38 bits per heavy atom. The molecule has 0 fully saturated rings. The summed E-state index contributed by atoms with van der Waals surface area (Å²) in [6.45, 7) is 2.43. The second kappa shape index (κ2) is 8.55. The van der Waals surface area contributed by atoms with E-state index >= 15 is 0 Å². The number of hydrogen-bond donors (Lipinski definition) is 3. The lowest BCUT2D eigenvalue weighted by molar-refractivity contribution is -0.117. The van der Waals surface area contributed by atoms with Crippen molar-refractivity contribution >= 4 is 35.3 Å². The van der Waals surface area contributed by atoms with Crippen LogP contribution in [-0.4, -0.2) is 39.1 Å². The first-order valence-corrected chi connectivity index (χ1v) is 8.54. The molecule has 0 atom stereocenters. The Kier molecular flexibility index (Phi) is 6.44. The van der Waals surface area contributed by atoms with Gasteiger partial charge in [0.15, 0.2) is 5.82 Å². The zero-order chi connectivity index (χ0) is 17.5. The lowest BCUT2D eigenvalue weighted by Gasteiger charge is -2.06. The van der Waals surface area contributed by atoms with Gasteiger partial charge in [0.05, 0.1) is 5.75 Å². The lowest BCUT2D eigenvalue weighted by Crippen LogP contribution is -2.40. The number of halogens is 1. The molecular formula is C14H17ClN6O2S. The molecule has 3 amide bonds. The van der Waals surface area contributed by atoms with Crippen LogP contribution < -0.4 is 16.5 Å². The van der Waals surface area contributed by atoms with Gasteiger partial charge in [-0.1, -0.05) is 42.4 Å². The van der Waals surface area contributed by atoms with Crippen molar-refractivity contribution < 1.29 is 9.59 Å². The highest BCUT2D eigenvalue weighted by Crippen LogP contribution is 2.23. The van der Waals surface area contributed by atoms with Crippen molar-refractivity contribution in [3.63, 3.8) is 0 Å². The number of carbonyl (C=O) groups excluding carboxylic acids is 2. The molecule has 2 aromatic rings. The molecule has 10 heteroatoms. The van der Waals surface area contributed by atoms with Crippen LogP contribution in [0.4, 0.5) is 4.79 Å². The van der Waals surface area contributed by atoms with Crippen molar-refractivity contribution in [2.24, 2.45) is 0 Å². The molecule has 0 saturated heterocycles. The van der Waals surface area contributed by atoms with E-state index < -0.39 is 11.9 Å². The summed E-state index contributed by atoms with van der Waals surface area (Å²) in [7, 11) is 0. The second-order valence-corrected chi connectivity index (χ2v) is 6.16. The van der Waals surface area contributed by atoms with E-state index in [2.05, 4.69) is 20.8 Å². The standard InChI is InChI=1S/C14H17ClN6O2S/c1-2-6-17-13(23)18-11(22)8-24-14-20-19-12(21(14)16)9-4-3-5-10(15)7-9/h3-5,7H,2,6,8,16H2,1H3,(H2,17,18,22,23). The topological polar surface area (TPSA) is 115 Å². The van der Waals surface area contributed by atoms with Gasteiger partial charge in [-0.3, -0.25) is 10.1 Å². The Morgan fingerprint density at radius 2 is 2.17 bits per heavy atom. The third kappa shape index (κ3) is 4.87. The predicted octanol–water partition coefficient (Wildman–Crippen LogP) is 1.64. The highest BCUT2D eigenvalue weighted by molar-refractivity contribution is 7.99. The van der Waals surface area contributed by atoms with Gasteiger partial charge in [-0.25, -0.2) is 9.47 Å². The number of nitrogens with one attached hydrogen (secondary N) is 2. The summed E-state index contributed by atoms with van der Waals surface area (Å²) in [5, 5.41) is 13.6. The Balaban J connectivity index is 1.95. The highest BCUT2D eigenvalue weighted by atomic mass is 35.5. The molecule has 0 unspecified atom stereocenters. The molecule has 8 nitrogen and oxygen atoms in total. The van der Waals surface area contributed by atoms with Crippen molar-refractivity contribution in [1.82, 2.24) is 25.5 Å². The number of carbonyl (C=O) groups is 2. The van der Waals surface area contributed by atoms with Gasteiger partial charge < -0.3 is 11.2 Å². The van der Waals surface area contributed by atoms with Crippen LogP contribution in [0.5, 0.6) is 0 Å². The maximum atomic E-state index is 11.7. The van der Waals surface area contributed by atoms with Crippen LogP contribution in [0.2, 0.25) is 5.02 Å². The Bertz CT molecular complexity index is 736. The summed E-state index contributed by atoms with van der Waals surface area (Å²) in [5.41, 5.74) is 0.716. The van der Waals surface area contributed by atoms with E-state index in [1.807, 2.05) is 6.92 Å². The maximum Gasteiger partial charge on any atom is 0.321 e. The maximum absolute atomic E-state index is 11.7. The average molecular weight is 369 g/mol. The summed E-state index contributed by atoms with van der Waals surface area (Å²) in [4.78, 5) is 23.1. The van der Waals surface area contributed by atoms with Gasteiger partial charge in [-0.15, -0.1) is 10.2 Å². The van der Waals surface area contributed by atoms with Crippen molar-refractivity contribution in [2.75, 3.05) is 18.1 Å². The number of nitrogen functional groups attached to an aromatic ring is 1. The first kappa shape index (κ1) is 18.1. The third-order valence-corrected chi connectivity index (χ3v) is 4.05. The molecule has 1 heterocycles. The van der Waals surface area contributed by atoms with E-state index in [-0.39, 0.29) is 5.75 Å². The summed E-state index contributed by atoms with van der Waals surface area (Å²) in [5.74, 6) is 5.93. The van der Waals surface area contributed by atoms with Gasteiger partial charge in [0, 0.05) is 17.1 Å². The van der Waals surface area contributed by atoms with E-state index in [0.29, 0.717) is 28.1 Å². The van der Waals surface area contributed by atoms with Gasteiger partial charge in [0.1, 0.15) is 0 Å². The molecule has 0 aliphatic heterocycles. The van der Waals surface area contributed by atoms with Crippen LogP contribution in [0.3, 0.4) is 0 Å². The van der Waals surface area contributed by atoms with Crippen LogP contribution in [0.15, 0.2) is 29.4 Å². The number of nitrogens with two attached hydrogens (primary N) is 1. The molecule has 0 radical (unpaired) electrons. The molecule has 0 spiro atoms. The predicted molar refractivity (Wildman–Crippen MR) is 93.2 cm³/mol. The van der Waals surface area contributed by atoms with E-state index in [1.165, 1.54) is 4.68 Å². The number of nitrogens with zero attached hydrogens (tertiary/aromatic N) is 3. The van der Waals surface area contributed by atoms with Crippen molar-refractivity contribution in [1.29, 1.82) is 0 Å². The monoisotopic (exact) mass is 368 g/mol. The van der Waals surface area contributed by atoms with E-state index in [0.717, 1.165) is 18.2 Å². The minimum absolute atomic E-state index is 0.00950. The summed E-state index contributed by atoms with van der Waals surface area (Å²) >= 11 is 7.03. The number of rotatable bonds is 6. The van der Waals surface area contributed by atoms with E-state index in [9.17, 15) is 9.59 Å². The molecular weight excluding hydrogens is 352 g/mol. The minimum Gasteiger partial charge on any atom is -0.338 e. The Labute approximate surface area is 148 Å². The van der Waals surface area contributed by atoms with Gasteiger partial charge >= 0.3 is 6.03 Å². The van der Waals surface area contributed by atoms with Gasteiger partial charge in [0.2, 0.25) is 11.1 Å². The summed E-state index contributed by atoms with van der Waals surface area (Å²) in [6.07, 6.45) is 0.791. The second-order valence-electron chi connectivity index (χ2n) is 4.78. The number of thioether (sulfide) groups is 1. The first-order valence-electron chi connectivity index (χ1n) is 7.18. The van der Waals surface area contributed by atoms with Crippen LogP contribution >= 0.6 is 23.4 Å². The molecule has 0 aliphatic carbocycles. The minimum atomic E-state index is -0.517. The van der Waals surface area contributed by atoms with Crippen molar-refractivity contribution in [3.05, 3.63) is 29.3 Å². The molecule has 0 bridgehead atoms. The van der Waals surface area contributed by atoms with Gasteiger partial charge in [-0.05, 0) is 18.6 Å². The fourth-order valence-electron chi connectivity index (χ4n) is 1.78. The zero-order valence-corrected chi connectivity index (χ0v) is 14.5. The number of imide groups is 1. The summed E-state index contributed by atoms with van der Waals surface area (Å²) in [6, 6.07) is 6.52. The first-order chi connectivity index (χ1) is 11.5.